The third kappa shape index (κ3) is 5.35. The first kappa shape index (κ1) is 14.2. The van der Waals surface area contributed by atoms with E-state index in [0.717, 1.165) is 0 Å². The smallest absolute Gasteiger partial charge is 0.225 e. The maximum Gasteiger partial charge on any atom is 0.225 e. The van der Waals surface area contributed by atoms with Crippen molar-refractivity contribution in [2.75, 3.05) is 18.5 Å². The molecule has 0 bridgehead atoms. The summed E-state index contributed by atoms with van der Waals surface area (Å²) in [6, 6.07) is 1.52. The predicted molar refractivity (Wildman–Crippen MR) is 68.6 cm³/mol. The van der Waals surface area contributed by atoms with Crippen LogP contribution in [0.3, 0.4) is 0 Å². The van der Waals surface area contributed by atoms with Crippen LogP contribution in [0.4, 0.5) is 5.82 Å². The monoisotopic (exact) mass is 276 g/mol. The van der Waals surface area contributed by atoms with E-state index in [1.807, 2.05) is 6.92 Å². The van der Waals surface area contributed by atoms with Crippen LogP contribution in [-0.4, -0.2) is 24.1 Å². The second kappa shape index (κ2) is 7.48. The maximum atomic E-state index is 11.5. The molecule has 1 rings (SSSR count). The van der Waals surface area contributed by atoms with Crippen molar-refractivity contribution in [3.8, 4) is 0 Å². The number of aromatic nitrogens is 1. The summed E-state index contributed by atoms with van der Waals surface area (Å²) in [7, 11) is 0. The molecule has 0 fully saturated rings. The topological polar surface area (TPSA) is 51.2 Å². The number of anilines is 1. The van der Waals surface area contributed by atoms with Crippen molar-refractivity contribution in [3.63, 3.8) is 0 Å². The summed E-state index contributed by atoms with van der Waals surface area (Å²) >= 11 is 11.5. The summed E-state index contributed by atoms with van der Waals surface area (Å²) in [5.74, 6) is 0.288. The molecule has 1 amide bonds. The number of ether oxygens (including phenoxy) is 1. The van der Waals surface area contributed by atoms with E-state index >= 15 is 0 Å². The average Bonchev–Trinajstić information content (AvgIpc) is 2.30. The SMILES string of the molecule is CCOCCCC(=O)Nc1cc(Cl)c(Cl)cn1. The molecular formula is C11H14Cl2N2O2. The van der Waals surface area contributed by atoms with E-state index in [2.05, 4.69) is 10.3 Å². The van der Waals surface area contributed by atoms with Gasteiger partial charge in [0.05, 0.1) is 10.0 Å². The molecule has 0 aliphatic carbocycles. The Morgan fingerprint density at radius 2 is 2.24 bits per heavy atom. The van der Waals surface area contributed by atoms with Gasteiger partial charge in [-0.3, -0.25) is 4.79 Å². The molecule has 4 nitrogen and oxygen atoms in total. The summed E-state index contributed by atoms with van der Waals surface area (Å²) < 4.78 is 5.13. The number of hydrogen-bond donors (Lipinski definition) is 1. The number of nitrogens with zero attached hydrogens (tertiary/aromatic N) is 1. The molecule has 1 aromatic rings. The third-order valence-corrected chi connectivity index (χ3v) is 2.68. The molecule has 17 heavy (non-hydrogen) atoms. The molecule has 0 atom stereocenters. The number of halogens is 2. The van der Waals surface area contributed by atoms with Crippen molar-refractivity contribution in [2.45, 2.75) is 19.8 Å². The fourth-order valence-electron chi connectivity index (χ4n) is 1.17. The molecule has 0 saturated carbocycles. The highest BCUT2D eigenvalue weighted by Gasteiger charge is 2.05. The summed E-state index contributed by atoms with van der Waals surface area (Å²) in [5.41, 5.74) is 0. The Hall–Kier alpha value is -0.840. The average molecular weight is 277 g/mol. The zero-order valence-corrected chi connectivity index (χ0v) is 11.0. The normalized spacial score (nSPS) is 10.3. The molecule has 0 radical (unpaired) electrons. The van der Waals surface area contributed by atoms with Crippen molar-refractivity contribution >= 4 is 34.9 Å². The summed E-state index contributed by atoms with van der Waals surface area (Å²) in [5, 5.41) is 3.37. The first-order valence-electron chi connectivity index (χ1n) is 5.32. The van der Waals surface area contributed by atoms with Gasteiger partial charge >= 0.3 is 0 Å². The van der Waals surface area contributed by atoms with Crippen LogP contribution in [-0.2, 0) is 9.53 Å². The first-order valence-corrected chi connectivity index (χ1v) is 6.07. The van der Waals surface area contributed by atoms with Crippen LogP contribution < -0.4 is 5.32 Å². The lowest BCUT2D eigenvalue weighted by molar-refractivity contribution is -0.116. The number of amides is 1. The standard InChI is InChI=1S/C11H14Cl2N2O2/c1-2-17-5-3-4-11(16)15-10-6-8(12)9(13)7-14-10/h6-7H,2-5H2,1H3,(H,14,15,16). The minimum absolute atomic E-state index is 0.115. The van der Waals surface area contributed by atoms with Gasteiger partial charge in [-0.2, -0.15) is 0 Å². The molecule has 0 aromatic carbocycles. The third-order valence-electron chi connectivity index (χ3n) is 1.97. The van der Waals surface area contributed by atoms with Crippen LogP contribution >= 0.6 is 23.2 Å². The van der Waals surface area contributed by atoms with Gasteiger partial charge in [-0.05, 0) is 13.3 Å². The van der Waals surface area contributed by atoms with Gasteiger partial charge in [0.15, 0.2) is 0 Å². The Balaban J connectivity index is 2.37. The molecule has 1 aromatic heterocycles. The van der Waals surface area contributed by atoms with Gasteiger partial charge in [0.25, 0.3) is 0 Å². The largest absolute Gasteiger partial charge is 0.382 e. The molecule has 0 aliphatic rings. The highest BCUT2D eigenvalue weighted by molar-refractivity contribution is 6.42. The van der Waals surface area contributed by atoms with Crippen LogP contribution in [0, 0.1) is 0 Å². The van der Waals surface area contributed by atoms with Gasteiger partial charge in [0.2, 0.25) is 5.91 Å². The van der Waals surface area contributed by atoms with Crippen molar-refractivity contribution in [2.24, 2.45) is 0 Å². The fraction of sp³-hybridized carbons (Fsp3) is 0.455. The van der Waals surface area contributed by atoms with E-state index in [1.54, 1.807) is 0 Å². The second-order valence-electron chi connectivity index (χ2n) is 3.33. The number of nitrogens with one attached hydrogen (secondary N) is 1. The van der Waals surface area contributed by atoms with Crippen LogP contribution in [0.2, 0.25) is 10.0 Å². The summed E-state index contributed by atoms with van der Waals surface area (Å²) in [4.78, 5) is 15.4. The molecule has 0 aliphatic heterocycles. The lowest BCUT2D eigenvalue weighted by Crippen LogP contribution is -2.13. The van der Waals surface area contributed by atoms with E-state index in [4.69, 9.17) is 27.9 Å². The van der Waals surface area contributed by atoms with Gasteiger partial charge in [-0.1, -0.05) is 23.2 Å². The number of pyridine rings is 1. The van der Waals surface area contributed by atoms with Gasteiger partial charge < -0.3 is 10.1 Å². The Labute approximate surface area is 110 Å². The molecule has 1 N–H and O–H groups in total. The van der Waals surface area contributed by atoms with Gasteiger partial charge in [-0.15, -0.1) is 0 Å². The van der Waals surface area contributed by atoms with Crippen LogP contribution in [0.1, 0.15) is 19.8 Å². The highest BCUT2D eigenvalue weighted by atomic mass is 35.5. The number of carbonyl (C=O) groups is 1. The minimum atomic E-state index is -0.115. The van der Waals surface area contributed by atoms with Crippen molar-refractivity contribution in [3.05, 3.63) is 22.3 Å². The molecule has 0 spiro atoms. The quantitative estimate of drug-likeness (QED) is 0.813. The van der Waals surface area contributed by atoms with Crippen molar-refractivity contribution in [1.82, 2.24) is 4.98 Å². The maximum absolute atomic E-state index is 11.5. The number of hydrogen-bond acceptors (Lipinski definition) is 3. The van der Waals surface area contributed by atoms with E-state index < -0.39 is 0 Å². The Morgan fingerprint density at radius 1 is 1.47 bits per heavy atom. The van der Waals surface area contributed by atoms with Gasteiger partial charge in [0, 0.05) is 31.9 Å². The fourth-order valence-corrected chi connectivity index (χ4v) is 1.42. The highest BCUT2D eigenvalue weighted by Crippen LogP contribution is 2.22. The first-order chi connectivity index (χ1) is 8.13. The summed E-state index contributed by atoms with van der Waals surface area (Å²) in [6.45, 7) is 3.16. The summed E-state index contributed by atoms with van der Waals surface area (Å²) in [6.07, 6.45) is 2.47. The number of rotatable bonds is 6. The Bertz CT molecular complexity index is 386. The van der Waals surface area contributed by atoms with E-state index in [9.17, 15) is 4.79 Å². The molecule has 6 heteroatoms. The minimum Gasteiger partial charge on any atom is -0.382 e. The molecule has 1 heterocycles. The zero-order valence-electron chi connectivity index (χ0n) is 9.50. The number of carbonyl (C=O) groups excluding carboxylic acids is 1. The van der Waals surface area contributed by atoms with E-state index in [-0.39, 0.29) is 5.91 Å². The molecular weight excluding hydrogens is 263 g/mol. The van der Waals surface area contributed by atoms with Crippen molar-refractivity contribution in [1.29, 1.82) is 0 Å². The molecule has 94 valence electrons. The van der Waals surface area contributed by atoms with E-state index in [0.29, 0.717) is 41.9 Å². The Morgan fingerprint density at radius 3 is 2.88 bits per heavy atom. The second-order valence-corrected chi connectivity index (χ2v) is 4.15. The van der Waals surface area contributed by atoms with Crippen LogP contribution in [0.5, 0.6) is 0 Å². The zero-order chi connectivity index (χ0) is 12.7. The molecule has 0 saturated heterocycles. The lowest BCUT2D eigenvalue weighted by Gasteiger charge is -2.05. The van der Waals surface area contributed by atoms with Crippen LogP contribution in [0.15, 0.2) is 12.3 Å². The van der Waals surface area contributed by atoms with Crippen LogP contribution in [0.25, 0.3) is 0 Å². The Kier molecular flexibility index (Phi) is 6.26. The molecule has 0 unspecified atom stereocenters. The van der Waals surface area contributed by atoms with Gasteiger partial charge in [0.1, 0.15) is 5.82 Å². The lowest BCUT2D eigenvalue weighted by atomic mass is 10.3. The van der Waals surface area contributed by atoms with Crippen molar-refractivity contribution < 1.29 is 9.53 Å². The predicted octanol–water partition coefficient (Wildman–Crippen LogP) is 3.14. The van der Waals surface area contributed by atoms with Gasteiger partial charge in [-0.25, -0.2) is 4.98 Å². The van der Waals surface area contributed by atoms with E-state index in [1.165, 1.54) is 12.3 Å².